The van der Waals surface area contributed by atoms with Crippen molar-refractivity contribution < 1.29 is 19.1 Å². The molecule has 5 nitrogen and oxygen atoms in total. The molecule has 1 saturated heterocycles. The zero-order chi connectivity index (χ0) is 23.8. The van der Waals surface area contributed by atoms with E-state index in [-0.39, 0.29) is 0 Å². The normalized spacial score (nSPS) is 17.3. The molecule has 0 aliphatic carbocycles. The van der Waals surface area contributed by atoms with Crippen molar-refractivity contribution in [2.24, 2.45) is 5.41 Å². The first-order valence-electron chi connectivity index (χ1n) is 12.0. The van der Waals surface area contributed by atoms with Crippen LogP contribution in [0.4, 0.5) is 0 Å². The number of rotatable bonds is 9. The van der Waals surface area contributed by atoms with E-state index in [1.54, 1.807) is 13.8 Å². The summed E-state index contributed by atoms with van der Waals surface area (Å²) in [6.07, 6.45) is 3.69. The number of Topliss-reactive ketones (excluding diaryl/α,β-unsaturated/α-hetero) is 1. The van der Waals surface area contributed by atoms with E-state index in [4.69, 9.17) is 4.74 Å². The minimum atomic E-state index is -0.745. The molecule has 0 aromatic heterocycles. The van der Waals surface area contributed by atoms with Crippen LogP contribution in [0.5, 0.6) is 0 Å². The highest BCUT2D eigenvalue weighted by atomic mass is 16.5. The number of carbonyl (C=O) groups is 3. The van der Waals surface area contributed by atoms with E-state index >= 15 is 0 Å². The van der Waals surface area contributed by atoms with Gasteiger partial charge in [-0.3, -0.25) is 9.59 Å². The van der Waals surface area contributed by atoms with Gasteiger partial charge in [-0.15, -0.1) is 0 Å². The van der Waals surface area contributed by atoms with Crippen molar-refractivity contribution in [3.63, 3.8) is 0 Å². The quantitative estimate of drug-likeness (QED) is 0.385. The fraction of sp³-hybridized carbons (Fsp3) is 0.464. The molecule has 1 fully saturated rings. The fourth-order valence-corrected chi connectivity index (χ4v) is 4.12. The highest BCUT2D eigenvalue weighted by Gasteiger charge is 2.41. The Morgan fingerprint density at radius 3 is 2.27 bits per heavy atom. The predicted molar refractivity (Wildman–Crippen MR) is 128 cm³/mol. The van der Waals surface area contributed by atoms with Gasteiger partial charge >= 0.3 is 5.97 Å². The SMILES string of the molecule is CCC(C)(C)C(=O)C(=O)N1CCCC[C@H]1C(=O)OC(CCc1ccccc1)c1ccccc1. The standard InChI is InChI=1S/C28H35NO4/c1-4-28(2,3)25(30)26(31)29-20-12-11-17-23(29)27(32)33-24(22-15-9-6-10-16-22)19-18-21-13-7-5-8-14-21/h5-10,13-16,23-24H,4,11-12,17-20H2,1-3H3/t23-,24?/m0/s1. The van der Waals surface area contributed by atoms with Crippen LogP contribution in [0, 0.1) is 5.41 Å². The van der Waals surface area contributed by atoms with Gasteiger partial charge in [0.2, 0.25) is 5.78 Å². The van der Waals surface area contributed by atoms with Gasteiger partial charge in [0.15, 0.2) is 0 Å². The molecular formula is C28H35NO4. The molecule has 1 aliphatic heterocycles. The van der Waals surface area contributed by atoms with E-state index in [0.29, 0.717) is 25.8 Å². The molecule has 3 rings (SSSR count). The van der Waals surface area contributed by atoms with Gasteiger partial charge in [0.05, 0.1) is 0 Å². The molecule has 2 aromatic carbocycles. The van der Waals surface area contributed by atoms with Crippen molar-refractivity contribution in [3.8, 4) is 0 Å². The minimum Gasteiger partial charge on any atom is -0.456 e. The van der Waals surface area contributed by atoms with Crippen molar-refractivity contribution in [1.29, 1.82) is 0 Å². The first kappa shape index (κ1) is 24.7. The third-order valence-electron chi connectivity index (χ3n) is 6.70. The van der Waals surface area contributed by atoms with Crippen LogP contribution >= 0.6 is 0 Å². The largest absolute Gasteiger partial charge is 0.456 e. The van der Waals surface area contributed by atoms with Gasteiger partial charge < -0.3 is 9.64 Å². The Labute approximate surface area is 197 Å². The molecule has 1 aliphatic rings. The topological polar surface area (TPSA) is 63.7 Å². The van der Waals surface area contributed by atoms with Gasteiger partial charge in [0.25, 0.3) is 5.91 Å². The Morgan fingerprint density at radius 2 is 1.64 bits per heavy atom. The smallest absolute Gasteiger partial charge is 0.329 e. The molecule has 0 saturated carbocycles. The highest BCUT2D eigenvalue weighted by Crippen LogP contribution is 2.29. The second-order valence-corrected chi connectivity index (χ2v) is 9.44. The van der Waals surface area contributed by atoms with Crippen molar-refractivity contribution in [1.82, 2.24) is 4.90 Å². The molecule has 1 unspecified atom stereocenters. The molecule has 176 valence electrons. The fourth-order valence-electron chi connectivity index (χ4n) is 4.12. The van der Waals surface area contributed by atoms with Crippen LogP contribution in [0.1, 0.15) is 70.1 Å². The van der Waals surface area contributed by atoms with E-state index in [9.17, 15) is 14.4 Å². The van der Waals surface area contributed by atoms with E-state index in [2.05, 4.69) is 12.1 Å². The van der Waals surface area contributed by atoms with E-state index in [1.807, 2.05) is 55.5 Å². The first-order chi connectivity index (χ1) is 15.8. The number of likely N-dealkylation sites (tertiary alicyclic amines) is 1. The molecule has 33 heavy (non-hydrogen) atoms. The molecule has 0 radical (unpaired) electrons. The summed E-state index contributed by atoms with van der Waals surface area (Å²) in [6, 6.07) is 19.1. The number of aryl methyl sites for hydroxylation is 1. The molecule has 0 bridgehead atoms. The molecular weight excluding hydrogens is 414 g/mol. The molecule has 2 aromatic rings. The number of ether oxygens (including phenoxy) is 1. The van der Waals surface area contributed by atoms with Gasteiger partial charge in [-0.1, -0.05) is 81.4 Å². The molecule has 1 amide bonds. The molecule has 0 spiro atoms. The summed E-state index contributed by atoms with van der Waals surface area (Å²) in [4.78, 5) is 40.6. The first-order valence-corrected chi connectivity index (χ1v) is 12.0. The van der Waals surface area contributed by atoms with Crippen LogP contribution in [-0.2, 0) is 25.5 Å². The Bertz CT molecular complexity index is 939. The lowest BCUT2D eigenvalue weighted by molar-refractivity contribution is -0.164. The van der Waals surface area contributed by atoms with Gasteiger partial charge in [-0.2, -0.15) is 0 Å². The summed E-state index contributed by atoms with van der Waals surface area (Å²) in [7, 11) is 0. The second-order valence-electron chi connectivity index (χ2n) is 9.44. The Hall–Kier alpha value is -2.95. The summed E-state index contributed by atoms with van der Waals surface area (Å²) in [5, 5.41) is 0. The van der Waals surface area contributed by atoms with Gasteiger partial charge in [-0.05, 0) is 49.7 Å². The summed E-state index contributed by atoms with van der Waals surface area (Å²) in [5.41, 5.74) is 1.36. The zero-order valence-corrected chi connectivity index (χ0v) is 20.0. The van der Waals surface area contributed by atoms with Crippen LogP contribution in [0.25, 0.3) is 0 Å². The zero-order valence-electron chi connectivity index (χ0n) is 20.0. The molecule has 1 heterocycles. The molecule has 2 atom stereocenters. The van der Waals surface area contributed by atoms with Crippen LogP contribution in [0.15, 0.2) is 60.7 Å². The maximum Gasteiger partial charge on any atom is 0.329 e. The van der Waals surface area contributed by atoms with Crippen molar-refractivity contribution >= 4 is 17.7 Å². The monoisotopic (exact) mass is 449 g/mol. The van der Waals surface area contributed by atoms with Crippen molar-refractivity contribution in [2.45, 2.75) is 71.4 Å². The lowest BCUT2D eigenvalue weighted by Gasteiger charge is -2.36. The maximum absolute atomic E-state index is 13.3. The predicted octanol–water partition coefficient (Wildman–Crippen LogP) is 5.29. The number of hydrogen-bond donors (Lipinski definition) is 0. The van der Waals surface area contributed by atoms with Gasteiger partial charge in [0.1, 0.15) is 12.1 Å². The minimum absolute atomic E-state index is 0.407. The van der Waals surface area contributed by atoms with Crippen molar-refractivity contribution in [2.75, 3.05) is 6.54 Å². The average molecular weight is 450 g/mol. The summed E-state index contributed by atoms with van der Waals surface area (Å²) in [5.74, 6) is -1.43. The molecule has 5 heteroatoms. The van der Waals surface area contributed by atoms with Gasteiger partial charge in [0, 0.05) is 12.0 Å². The number of esters is 1. The number of nitrogens with zero attached hydrogens (tertiary/aromatic N) is 1. The highest BCUT2D eigenvalue weighted by molar-refractivity contribution is 6.38. The number of carbonyl (C=O) groups excluding carboxylic acids is 3. The second kappa shape index (κ2) is 11.3. The summed E-state index contributed by atoms with van der Waals surface area (Å²) < 4.78 is 6.03. The third-order valence-corrected chi connectivity index (χ3v) is 6.70. The van der Waals surface area contributed by atoms with E-state index < -0.39 is 35.2 Å². The number of benzene rings is 2. The van der Waals surface area contributed by atoms with Crippen LogP contribution < -0.4 is 0 Å². The van der Waals surface area contributed by atoms with Crippen molar-refractivity contribution in [3.05, 3.63) is 71.8 Å². The summed E-state index contributed by atoms with van der Waals surface area (Å²) in [6.45, 7) is 5.85. The number of amides is 1. The average Bonchev–Trinajstić information content (AvgIpc) is 2.86. The maximum atomic E-state index is 13.3. The lowest BCUT2D eigenvalue weighted by Crippen LogP contribution is -2.53. The van der Waals surface area contributed by atoms with Gasteiger partial charge in [-0.25, -0.2) is 4.79 Å². The summed E-state index contributed by atoms with van der Waals surface area (Å²) >= 11 is 0. The van der Waals surface area contributed by atoms with Crippen LogP contribution in [0.2, 0.25) is 0 Å². The third kappa shape index (κ3) is 6.31. The van der Waals surface area contributed by atoms with E-state index in [1.165, 1.54) is 10.5 Å². The number of ketones is 1. The molecule has 0 N–H and O–H groups in total. The van der Waals surface area contributed by atoms with E-state index in [0.717, 1.165) is 24.8 Å². The Kier molecular flexibility index (Phi) is 8.43. The van der Waals surface area contributed by atoms with Crippen LogP contribution in [0.3, 0.4) is 0 Å². The Balaban J connectivity index is 1.76. The number of hydrogen-bond acceptors (Lipinski definition) is 4. The van der Waals surface area contributed by atoms with Crippen LogP contribution in [-0.4, -0.2) is 35.1 Å². The Morgan fingerprint density at radius 1 is 1.00 bits per heavy atom. The lowest BCUT2D eigenvalue weighted by atomic mass is 9.84. The number of piperidine rings is 1.